The highest BCUT2D eigenvalue weighted by Crippen LogP contribution is 2.27. The minimum atomic E-state index is 0. The molecule has 2 fully saturated rings. The van der Waals surface area contributed by atoms with E-state index in [2.05, 4.69) is 48.3 Å². The van der Waals surface area contributed by atoms with E-state index in [1.54, 1.807) is 0 Å². The number of hydrogen-bond donors (Lipinski definition) is 1. The molecule has 1 aromatic carbocycles. The fourth-order valence-corrected chi connectivity index (χ4v) is 3.57. The molecule has 0 aromatic heterocycles. The van der Waals surface area contributed by atoms with E-state index < -0.39 is 0 Å². The molecule has 0 spiro atoms. The maximum Gasteiger partial charge on any atom is 0.223 e. The summed E-state index contributed by atoms with van der Waals surface area (Å²) in [5, 5.41) is 3.29. The van der Waals surface area contributed by atoms with E-state index in [-0.39, 0.29) is 24.4 Å². The van der Waals surface area contributed by atoms with E-state index in [1.807, 2.05) is 4.90 Å². The molecule has 1 amide bonds. The van der Waals surface area contributed by atoms with Gasteiger partial charge in [-0.05, 0) is 25.0 Å². The van der Waals surface area contributed by atoms with Gasteiger partial charge in [0, 0.05) is 51.7 Å². The fraction of sp³-hybridized carbons (Fsp3) is 0.632. The Morgan fingerprint density at radius 2 is 2.00 bits per heavy atom. The lowest BCUT2D eigenvalue weighted by Crippen LogP contribution is -2.49. The van der Waals surface area contributed by atoms with Crippen molar-refractivity contribution in [1.82, 2.24) is 15.1 Å². The molecule has 2 saturated heterocycles. The number of morpholine rings is 1. The lowest BCUT2D eigenvalue weighted by molar-refractivity contribution is -0.133. The first-order chi connectivity index (χ1) is 11.6. The molecule has 2 heterocycles. The molecule has 2 aliphatic heterocycles. The number of carbonyl (C=O) groups is 1. The molecule has 0 bridgehead atoms. The quantitative estimate of drug-likeness (QED) is 0.884. The third-order valence-corrected chi connectivity index (χ3v) is 5.18. The number of ether oxygens (including phenoxy) is 1. The lowest BCUT2D eigenvalue weighted by atomic mass is 10.0. The summed E-state index contributed by atoms with van der Waals surface area (Å²) in [6.45, 7) is 10.2. The predicted octanol–water partition coefficient (Wildman–Crippen LogP) is 2.00. The lowest BCUT2D eigenvalue weighted by Gasteiger charge is -2.39. The first-order valence-electron chi connectivity index (χ1n) is 9.05. The summed E-state index contributed by atoms with van der Waals surface area (Å²) in [5.41, 5.74) is 2.54. The van der Waals surface area contributed by atoms with Gasteiger partial charge >= 0.3 is 0 Å². The van der Waals surface area contributed by atoms with Gasteiger partial charge < -0.3 is 15.0 Å². The molecule has 6 heteroatoms. The summed E-state index contributed by atoms with van der Waals surface area (Å²) in [4.78, 5) is 16.8. The normalized spacial score (nSPS) is 24.6. The summed E-state index contributed by atoms with van der Waals surface area (Å²) >= 11 is 0. The molecule has 0 saturated carbocycles. The highest BCUT2D eigenvalue weighted by atomic mass is 35.5. The number of nitrogens with one attached hydrogen (secondary N) is 1. The van der Waals surface area contributed by atoms with Crippen LogP contribution >= 0.6 is 12.4 Å². The number of aryl methyl sites for hydroxylation is 1. The van der Waals surface area contributed by atoms with Gasteiger partial charge in [-0.2, -0.15) is 0 Å². The van der Waals surface area contributed by atoms with Crippen LogP contribution in [0, 0.1) is 6.92 Å². The van der Waals surface area contributed by atoms with E-state index in [1.165, 1.54) is 11.1 Å². The van der Waals surface area contributed by atoms with Crippen molar-refractivity contribution in [1.29, 1.82) is 0 Å². The van der Waals surface area contributed by atoms with Crippen LogP contribution in [-0.2, 0) is 9.53 Å². The second-order valence-electron chi connectivity index (χ2n) is 6.90. The number of halogens is 1. The van der Waals surface area contributed by atoms with E-state index >= 15 is 0 Å². The summed E-state index contributed by atoms with van der Waals surface area (Å²) < 4.78 is 6.07. The van der Waals surface area contributed by atoms with Crippen molar-refractivity contribution >= 4 is 18.3 Å². The molecule has 25 heavy (non-hydrogen) atoms. The second kappa shape index (κ2) is 9.53. The van der Waals surface area contributed by atoms with Crippen LogP contribution in [0.2, 0.25) is 0 Å². The van der Waals surface area contributed by atoms with Crippen LogP contribution in [0.3, 0.4) is 0 Å². The summed E-state index contributed by atoms with van der Waals surface area (Å²) in [6, 6.07) is 8.78. The number of hydrogen-bond acceptors (Lipinski definition) is 4. The third kappa shape index (κ3) is 5.17. The Bertz CT molecular complexity index is 563. The Balaban J connectivity index is 0.00000225. The first-order valence-corrected chi connectivity index (χ1v) is 9.05. The van der Waals surface area contributed by atoms with Gasteiger partial charge in [-0.25, -0.2) is 0 Å². The van der Waals surface area contributed by atoms with Crippen LogP contribution in [0.25, 0.3) is 0 Å². The van der Waals surface area contributed by atoms with E-state index in [9.17, 15) is 4.79 Å². The molecular weight excluding hydrogens is 338 g/mol. The molecule has 0 aliphatic carbocycles. The van der Waals surface area contributed by atoms with Gasteiger partial charge in [-0.1, -0.05) is 24.3 Å². The van der Waals surface area contributed by atoms with E-state index in [0.29, 0.717) is 12.5 Å². The maximum atomic E-state index is 12.4. The number of carbonyl (C=O) groups excluding carboxylic acids is 1. The predicted molar refractivity (Wildman–Crippen MR) is 102 cm³/mol. The monoisotopic (exact) mass is 367 g/mol. The highest BCUT2D eigenvalue weighted by Gasteiger charge is 2.28. The Hall–Kier alpha value is -1.14. The minimum Gasteiger partial charge on any atom is -0.371 e. The van der Waals surface area contributed by atoms with Crippen molar-refractivity contribution in [3.05, 3.63) is 35.4 Å². The molecule has 1 N–H and O–H groups in total. The Labute approximate surface area is 157 Å². The van der Waals surface area contributed by atoms with Crippen LogP contribution in [0.4, 0.5) is 0 Å². The van der Waals surface area contributed by atoms with Crippen molar-refractivity contribution in [3.63, 3.8) is 0 Å². The molecule has 5 nitrogen and oxygen atoms in total. The molecule has 3 rings (SSSR count). The summed E-state index contributed by atoms with van der Waals surface area (Å²) in [7, 11) is 0. The molecular formula is C19H30ClN3O2. The minimum absolute atomic E-state index is 0. The molecule has 1 aromatic rings. The zero-order chi connectivity index (χ0) is 16.9. The summed E-state index contributed by atoms with van der Waals surface area (Å²) in [6.07, 6.45) is 0.710. The Morgan fingerprint density at radius 3 is 2.72 bits per heavy atom. The van der Waals surface area contributed by atoms with Crippen LogP contribution < -0.4 is 5.32 Å². The van der Waals surface area contributed by atoms with Crippen LogP contribution in [0.15, 0.2) is 24.3 Å². The van der Waals surface area contributed by atoms with Crippen molar-refractivity contribution < 1.29 is 9.53 Å². The zero-order valence-electron chi connectivity index (χ0n) is 15.2. The number of rotatable bonds is 4. The smallest absolute Gasteiger partial charge is 0.223 e. The Morgan fingerprint density at radius 1 is 1.28 bits per heavy atom. The topological polar surface area (TPSA) is 44.8 Å². The second-order valence-corrected chi connectivity index (χ2v) is 6.90. The largest absolute Gasteiger partial charge is 0.371 e. The number of benzene rings is 1. The standard InChI is InChI=1S/C19H29N3O2.ClH/c1-15-5-3-4-6-17(15)18-13-22(16(2)14-24-18)10-7-19(23)21-11-8-20-9-12-21;/h3-6,16,18,20H,7-14H2,1-2H3;1H. The van der Waals surface area contributed by atoms with Crippen LogP contribution in [0.1, 0.15) is 30.6 Å². The number of nitrogens with zero attached hydrogens (tertiary/aromatic N) is 2. The Kier molecular flexibility index (Phi) is 7.69. The van der Waals surface area contributed by atoms with E-state index in [0.717, 1.165) is 45.9 Å². The average Bonchev–Trinajstić information content (AvgIpc) is 2.62. The van der Waals surface area contributed by atoms with Crippen LogP contribution in [-0.4, -0.2) is 67.6 Å². The van der Waals surface area contributed by atoms with Gasteiger partial charge in [0.15, 0.2) is 0 Å². The van der Waals surface area contributed by atoms with Gasteiger partial charge in [0.05, 0.1) is 12.7 Å². The molecule has 2 atom stereocenters. The molecule has 2 aliphatic rings. The summed E-state index contributed by atoms with van der Waals surface area (Å²) in [5.74, 6) is 0.280. The van der Waals surface area contributed by atoms with Gasteiger partial charge in [0.1, 0.15) is 0 Å². The van der Waals surface area contributed by atoms with Crippen molar-refractivity contribution in [2.24, 2.45) is 0 Å². The van der Waals surface area contributed by atoms with Crippen LogP contribution in [0.5, 0.6) is 0 Å². The highest BCUT2D eigenvalue weighted by molar-refractivity contribution is 5.85. The van der Waals surface area contributed by atoms with Crippen molar-refractivity contribution in [2.75, 3.05) is 45.9 Å². The van der Waals surface area contributed by atoms with Gasteiger partial charge in [0.25, 0.3) is 0 Å². The number of piperazine rings is 1. The maximum absolute atomic E-state index is 12.4. The molecule has 2 unspecified atom stereocenters. The van der Waals surface area contributed by atoms with Gasteiger partial charge in [-0.15, -0.1) is 12.4 Å². The van der Waals surface area contributed by atoms with Crippen molar-refractivity contribution in [3.8, 4) is 0 Å². The average molecular weight is 368 g/mol. The van der Waals surface area contributed by atoms with Gasteiger partial charge in [0.2, 0.25) is 5.91 Å². The number of amides is 1. The van der Waals surface area contributed by atoms with Crippen molar-refractivity contribution in [2.45, 2.75) is 32.4 Å². The molecule has 140 valence electrons. The first kappa shape index (κ1) is 20.2. The molecule has 0 radical (unpaired) electrons. The third-order valence-electron chi connectivity index (χ3n) is 5.18. The zero-order valence-corrected chi connectivity index (χ0v) is 16.1. The van der Waals surface area contributed by atoms with E-state index in [4.69, 9.17) is 4.74 Å². The fourth-order valence-electron chi connectivity index (χ4n) is 3.57. The SMILES string of the molecule is Cc1ccccc1C1CN(CCC(=O)N2CCNCC2)C(C)CO1.Cl. The van der Waals surface area contributed by atoms with Gasteiger partial charge in [-0.3, -0.25) is 9.69 Å².